The van der Waals surface area contributed by atoms with Crippen LogP contribution in [-0.4, -0.2) is 47.9 Å². The number of rotatable bonds is 12. The molecule has 1 aliphatic rings. The van der Waals surface area contributed by atoms with Crippen molar-refractivity contribution in [2.75, 3.05) is 0 Å². The number of benzene rings is 1. The van der Waals surface area contributed by atoms with Crippen LogP contribution in [0.1, 0.15) is 98.0 Å². The highest BCUT2D eigenvalue weighted by Crippen LogP contribution is 2.22. The fraction of sp³-hybridized carbons (Fsp3) is 0.677. The monoisotopic (exact) mass is 561 g/mol. The molecule has 8 nitrogen and oxygen atoms in total. The van der Waals surface area contributed by atoms with Gasteiger partial charge in [-0.3, -0.25) is 14.4 Å². The Morgan fingerprint density at radius 2 is 1.62 bits per heavy atom. The van der Waals surface area contributed by atoms with Crippen LogP contribution < -0.4 is 16.0 Å². The zero-order valence-corrected chi connectivity index (χ0v) is 24.8. The van der Waals surface area contributed by atoms with Gasteiger partial charge in [-0.2, -0.15) is 0 Å². The molecule has 1 aliphatic heterocycles. The average molecular weight is 562 g/mol. The van der Waals surface area contributed by atoms with Gasteiger partial charge in [0.1, 0.15) is 30.0 Å². The molecule has 0 aliphatic carbocycles. The van der Waals surface area contributed by atoms with Crippen molar-refractivity contribution in [3.8, 4) is 0 Å². The topological polar surface area (TPSA) is 114 Å². The SMILES string of the molecule is CCCCCCCCC(C)C1CC(=O)NC(Cc2cccc(F)c2)C(=O)NC(C)C(=O)NC(C(C)CC)C(=O)O1. The molecule has 0 radical (unpaired) electrons. The van der Waals surface area contributed by atoms with E-state index in [1.807, 2.05) is 20.8 Å². The number of carbonyl (C=O) groups excluding carboxylic acids is 4. The summed E-state index contributed by atoms with van der Waals surface area (Å²) in [5.74, 6) is -2.89. The molecule has 9 heteroatoms. The van der Waals surface area contributed by atoms with Crippen molar-refractivity contribution in [1.82, 2.24) is 16.0 Å². The molecule has 40 heavy (non-hydrogen) atoms. The third-order valence-electron chi connectivity index (χ3n) is 7.80. The molecular formula is C31H48FN3O5. The highest BCUT2D eigenvalue weighted by Gasteiger charge is 2.35. The van der Waals surface area contributed by atoms with Crippen LogP contribution in [0.2, 0.25) is 0 Å². The number of nitrogens with one attached hydrogen (secondary N) is 3. The number of hydrogen-bond donors (Lipinski definition) is 3. The molecule has 6 atom stereocenters. The number of halogens is 1. The van der Waals surface area contributed by atoms with Crippen molar-refractivity contribution in [3.05, 3.63) is 35.6 Å². The fourth-order valence-corrected chi connectivity index (χ4v) is 4.89. The fourth-order valence-electron chi connectivity index (χ4n) is 4.89. The van der Waals surface area contributed by atoms with E-state index in [0.717, 1.165) is 25.7 Å². The van der Waals surface area contributed by atoms with Crippen LogP contribution in [0.4, 0.5) is 4.39 Å². The van der Waals surface area contributed by atoms with Crippen LogP contribution in [0.5, 0.6) is 0 Å². The lowest BCUT2D eigenvalue weighted by atomic mass is 9.93. The second-order valence-electron chi connectivity index (χ2n) is 11.3. The third-order valence-corrected chi connectivity index (χ3v) is 7.80. The summed E-state index contributed by atoms with van der Waals surface area (Å²) < 4.78 is 19.8. The molecule has 3 amide bonds. The Morgan fingerprint density at radius 3 is 2.30 bits per heavy atom. The minimum absolute atomic E-state index is 0.0386. The minimum atomic E-state index is -1.04. The van der Waals surface area contributed by atoms with Crippen LogP contribution in [0.3, 0.4) is 0 Å². The Labute approximate surface area is 238 Å². The molecular weight excluding hydrogens is 513 g/mol. The number of cyclic esters (lactones) is 1. The summed E-state index contributed by atoms with van der Waals surface area (Å²) in [4.78, 5) is 52.8. The third kappa shape index (κ3) is 10.9. The molecule has 1 heterocycles. The molecule has 3 N–H and O–H groups in total. The van der Waals surface area contributed by atoms with E-state index in [-0.39, 0.29) is 24.7 Å². The van der Waals surface area contributed by atoms with Gasteiger partial charge >= 0.3 is 5.97 Å². The molecule has 1 aromatic rings. The van der Waals surface area contributed by atoms with E-state index in [4.69, 9.17) is 4.74 Å². The molecule has 0 bridgehead atoms. The van der Waals surface area contributed by atoms with Gasteiger partial charge in [0.05, 0.1) is 6.42 Å². The molecule has 0 saturated carbocycles. The van der Waals surface area contributed by atoms with Gasteiger partial charge in [-0.25, -0.2) is 9.18 Å². The van der Waals surface area contributed by atoms with E-state index in [1.165, 1.54) is 44.4 Å². The van der Waals surface area contributed by atoms with Gasteiger partial charge in [0.2, 0.25) is 17.7 Å². The lowest BCUT2D eigenvalue weighted by molar-refractivity contribution is -0.158. The number of unbranched alkanes of at least 4 members (excludes halogenated alkanes) is 5. The van der Waals surface area contributed by atoms with E-state index in [9.17, 15) is 23.6 Å². The van der Waals surface area contributed by atoms with Crippen LogP contribution in [0, 0.1) is 17.7 Å². The Balaban J connectivity index is 2.30. The molecule has 0 spiro atoms. The molecule has 6 unspecified atom stereocenters. The summed E-state index contributed by atoms with van der Waals surface area (Å²) in [5, 5.41) is 8.14. The first-order chi connectivity index (χ1) is 19.0. The van der Waals surface area contributed by atoms with Crippen LogP contribution in [-0.2, 0) is 30.3 Å². The second kappa shape index (κ2) is 17.0. The van der Waals surface area contributed by atoms with Gasteiger partial charge in [-0.1, -0.05) is 84.8 Å². The zero-order valence-electron chi connectivity index (χ0n) is 24.8. The van der Waals surface area contributed by atoms with Gasteiger partial charge in [0.15, 0.2) is 0 Å². The first kappa shape index (κ1) is 33.2. The lowest BCUT2D eigenvalue weighted by Gasteiger charge is -2.29. The lowest BCUT2D eigenvalue weighted by Crippen LogP contribution is -2.55. The number of carbonyl (C=O) groups is 4. The van der Waals surface area contributed by atoms with Crippen molar-refractivity contribution in [3.63, 3.8) is 0 Å². The maximum atomic E-state index is 13.8. The van der Waals surface area contributed by atoms with Gasteiger partial charge < -0.3 is 20.7 Å². The van der Waals surface area contributed by atoms with Crippen LogP contribution >= 0.6 is 0 Å². The maximum absolute atomic E-state index is 13.8. The Hall–Kier alpha value is -2.97. The van der Waals surface area contributed by atoms with Crippen molar-refractivity contribution in [2.24, 2.45) is 11.8 Å². The number of ether oxygens (including phenoxy) is 1. The number of amides is 3. The van der Waals surface area contributed by atoms with E-state index < -0.39 is 53.7 Å². The van der Waals surface area contributed by atoms with Crippen molar-refractivity contribution < 1.29 is 28.3 Å². The van der Waals surface area contributed by atoms with E-state index in [0.29, 0.717) is 12.0 Å². The van der Waals surface area contributed by atoms with Crippen molar-refractivity contribution >= 4 is 23.7 Å². The first-order valence-corrected chi connectivity index (χ1v) is 14.9. The van der Waals surface area contributed by atoms with Gasteiger partial charge in [0, 0.05) is 6.42 Å². The van der Waals surface area contributed by atoms with Crippen molar-refractivity contribution in [2.45, 2.75) is 123 Å². The Bertz CT molecular complexity index is 987. The molecule has 224 valence electrons. The van der Waals surface area contributed by atoms with E-state index in [2.05, 4.69) is 22.9 Å². The molecule has 1 fully saturated rings. The average Bonchev–Trinajstić information content (AvgIpc) is 2.91. The Kier molecular flexibility index (Phi) is 14.1. The quantitative estimate of drug-likeness (QED) is 0.255. The highest BCUT2D eigenvalue weighted by molar-refractivity contribution is 5.94. The maximum Gasteiger partial charge on any atom is 0.329 e. The largest absolute Gasteiger partial charge is 0.460 e. The van der Waals surface area contributed by atoms with Gasteiger partial charge in [-0.15, -0.1) is 0 Å². The van der Waals surface area contributed by atoms with E-state index >= 15 is 0 Å². The standard InChI is InChI=1S/C31H48FN3O5/c1-6-8-9-10-11-12-14-21(4)26-19-27(36)34-25(18-23-15-13-16-24(32)17-23)30(38)33-22(5)29(37)35-28(20(3)7-2)31(39)40-26/h13,15-17,20-22,25-26,28H,6-12,14,18-19H2,1-5H3,(H,33,38)(H,34,36)(H,35,37). The molecule has 1 aromatic carbocycles. The van der Waals surface area contributed by atoms with Crippen molar-refractivity contribution in [1.29, 1.82) is 0 Å². The number of hydrogen-bond acceptors (Lipinski definition) is 5. The summed E-state index contributed by atoms with van der Waals surface area (Å²) in [6.45, 7) is 9.42. The molecule has 0 aromatic heterocycles. The van der Waals surface area contributed by atoms with Gasteiger partial charge in [0.25, 0.3) is 0 Å². The smallest absolute Gasteiger partial charge is 0.329 e. The second-order valence-corrected chi connectivity index (χ2v) is 11.3. The van der Waals surface area contributed by atoms with Gasteiger partial charge in [-0.05, 0) is 42.9 Å². The predicted molar refractivity (Wildman–Crippen MR) is 153 cm³/mol. The number of esters is 1. The van der Waals surface area contributed by atoms with E-state index in [1.54, 1.807) is 6.07 Å². The summed E-state index contributed by atoms with van der Waals surface area (Å²) >= 11 is 0. The molecule has 2 rings (SSSR count). The summed E-state index contributed by atoms with van der Waals surface area (Å²) in [5.41, 5.74) is 0.526. The minimum Gasteiger partial charge on any atom is -0.460 e. The molecule has 1 saturated heterocycles. The normalized spacial score (nSPS) is 24.4. The van der Waals surface area contributed by atoms with Crippen LogP contribution in [0.25, 0.3) is 0 Å². The summed E-state index contributed by atoms with van der Waals surface area (Å²) in [6.07, 6.45) is 7.33. The first-order valence-electron chi connectivity index (χ1n) is 14.9. The van der Waals surface area contributed by atoms with Crippen LogP contribution in [0.15, 0.2) is 24.3 Å². The zero-order chi connectivity index (χ0) is 29.7. The Morgan fingerprint density at radius 1 is 0.925 bits per heavy atom. The highest BCUT2D eigenvalue weighted by atomic mass is 19.1. The summed E-state index contributed by atoms with van der Waals surface area (Å²) in [6, 6.07) is 2.89. The summed E-state index contributed by atoms with van der Waals surface area (Å²) in [7, 11) is 0. The predicted octanol–water partition coefficient (Wildman–Crippen LogP) is 4.59.